The Kier molecular flexibility index (Phi) is 7.47. The van der Waals surface area contributed by atoms with Crippen LogP contribution in [0.1, 0.15) is 54.4 Å². The third-order valence-corrected chi connectivity index (χ3v) is 7.07. The molecule has 1 aliphatic carbocycles. The van der Waals surface area contributed by atoms with Gasteiger partial charge in [0, 0.05) is 29.4 Å². The normalized spacial score (nSPS) is 15.2. The number of hydrogen-bond donors (Lipinski definition) is 0. The summed E-state index contributed by atoms with van der Waals surface area (Å²) in [6.45, 7) is 2.74. The second-order valence-corrected chi connectivity index (χ2v) is 9.43. The number of carbonyl (C=O) groups is 1. The number of amides is 1. The van der Waals surface area contributed by atoms with Gasteiger partial charge in [0.2, 0.25) is 5.91 Å². The lowest BCUT2D eigenvalue weighted by atomic mass is 9.81. The number of carbonyl (C=O) groups excluding carboxylic acids is 1. The van der Waals surface area contributed by atoms with Gasteiger partial charge in [-0.1, -0.05) is 72.6 Å². The first-order valence-electron chi connectivity index (χ1n) is 11.6. The Bertz CT molecular complexity index is 1120. The fourth-order valence-electron chi connectivity index (χ4n) is 4.59. The molecule has 3 nitrogen and oxygen atoms in total. The molecule has 168 valence electrons. The average molecular weight is 457 g/mol. The van der Waals surface area contributed by atoms with Crippen molar-refractivity contribution in [1.82, 2.24) is 4.90 Å². The zero-order valence-corrected chi connectivity index (χ0v) is 19.7. The third kappa shape index (κ3) is 5.64. The van der Waals surface area contributed by atoms with Crippen LogP contribution in [0.4, 0.5) is 0 Å². The van der Waals surface area contributed by atoms with Crippen LogP contribution in [-0.4, -0.2) is 16.8 Å². The largest absolute Gasteiger partial charge is 0.335 e. The van der Waals surface area contributed by atoms with Crippen molar-refractivity contribution in [1.29, 1.82) is 5.26 Å². The molecule has 1 aliphatic rings. The van der Waals surface area contributed by atoms with E-state index in [1.54, 1.807) is 0 Å². The van der Waals surface area contributed by atoms with E-state index in [1.165, 1.54) is 0 Å². The van der Waals surface area contributed by atoms with Gasteiger partial charge in [-0.15, -0.1) is 0 Å². The Morgan fingerprint density at radius 1 is 1.03 bits per heavy atom. The molecule has 1 saturated carbocycles. The van der Waals surface area contributed by atoms with E-state index in [-0.39, 0.29) is 23.8 Å². The van der Waals surface area contributed by atoms with Crippen LogP contribution in [0.25, 0.3) is 0 Å². The molecule has 0 aliphatic heterocycles. The second-order valence-electron chi connectivity index (χ2n) is 8.99. The summed E-state index contributed by atoms with van der Waals surface area (Å²) in [5.74, 6) is 0.417. The predicted octanol–water partition coefficient (Wildman–Crippen LogP) is 6.76. The van der Waals surface area contributed by atoms with Crippen molar-refractivity contribution in [3.63, 3.8) is 0 Å². The molecule has 3 aromatic rings. The number of nitrogens with zero attached hydrogens (tertiary/aromatic N) is 2. The van der Waals surface area contributed by atoms with Gasteiger partial charge < -0.3 is 4.90 Å². The molecule has 0 heterocycles. The van der Waals surface area contributed by atoms with Crippen LogP contribution >= 0.6 is 11.6 Å². The van der Waals surface area contributed by atoms with Crippen molar-refractivity contribution >= 4 is 17.5 Å². The Balaban J connectivity index is 1.70. The maximum Gasteiger partial charge on any atom is 0.226 e. The zero-order valence-electron chi connectivity index (χ0n) is 19.0. The van der Waals surface area contributed by atoms with Crippen molar-refractivity contribution in [2.45, 2.75) is 51.1 Å². The third-order valence-electron chi connectivity index (χ3n) is 6.82. The quantitative estimate of drug-likeness (QED) is 0.376. The van der Waals surface area contributed by atoms with E-state index in [9.17, 15) is 10.1 Å². The molecular weight excluding hydrogens is 428 g/mol. The maximum atomic E-state index is 13.6. The minimum absolute atomic E-state index is 0.0390. The van der Waals surface area contributed by atoms with Crippen LogP contribution in [-0.2, 0) is 17.8 Å². The van der Waals surface area contributed by atoms with Gasteiger partial charge in [-0.05, 0) is 67.1 Å². The highest BCUT2D eigenvalue weighted by molar-refractivity contribution is 6.30. The van der Waals surface area contributed by atoms with E-state index in [4.69, 9.17) is 11.6 Å². The van der Waals surface area contributed by atoms with Crippen molar-refractivity contribution in [2.24, 2.45) is 5.92 Å². The first kappa shape index (κ1) is 23.1. The molecular formula is C29H29ClN2O. The van der Waals surface area contributed by atoms with E-state index in [2.05, 4.69) is 36.1 Å². The highest BCUT2D eigenvalue weighted by atomic mass is 35.5. The van der Waals surface area contributed by atoms with E-state index in [1.807, 2.05) is 60.7 Å². The summed E-state index contributed by atoms with van der Waals surface area (Å²) in [6, 6.07) is 28.1. The Morgan fingerprint density at radius 3 is 2.39 bits per heavy atom. The van der Waals surface area contributed by atoms with Crippen molar-refractivity contribution in [3.05, 3.63) is 106 Å². The molecule has 1 fully saturated rings. The molecule has 4 rings (SSSR count). The Hall–Kier alpha value is -3.09. The lowest BCUT2D eigenvalue weighted by Crippen LogP contribution is -2.46. The minimum atomic E-state index is -0.0390. The van der Waals surface area contributed by atoms with E-state index >= 15 is 0 Å². The summed E-state index contributed by atoms with van der Waals surface area (Å²) in [5, 5.41) is 10.2. The minimum Gasteiger partial charge on any atom is -0.335 e. The first-order valence-corrected chi connectivity index (χ1v) is 12.0. The van der Waals surface area contributed by atoms with Crippen LogP contribution in [0.5, 0.6) is 0 Å². The van der Waals surface area contributed by atoms with E-state index < -0.39 is 0 Å². The number of nitriles is 1. The predicted molar refractivity (Wildman–Crippen MR) is 133 cm³/mol. The summed E-state index contributed by atoms with van der Waals surface area (Å²) in [6.07, 6.45) is 3.84. The summed E-state index contributed by atoms with van der Waals surface area (Å²) in [4.78, 5) is 15.7. The molecule has 0 saturated heterocycles. The Labute approximate surface area is 201 Å². The summed E-state index contributed by atoms with van der Waals surface area (Å²) in [7, 11) is 0. The van der Waals surface area contributed by atoms with Crippen molar-refractivity contribution in [3.8, 4) is 6.07 Å². The maximum absolute atomic E-state index is 13.6. The van der Waals surface area contributed by atoms with Crippen LogP contribution in [0.15, 0.2) is 78.9 Å². The molecule has 0 spiro atoms. The molecule has 0 bridgehead atoms. The first-order chi connectivity index (χ1) is 16.0. The average Bonchev–Trinajstić information content (AvgIpc) is 2.81. The highest BCUT2D eigenvalue weighted by Gasteiger charge is 2.35. The van der Waals surface area contributed by atoms with Gasteiger partial charge in [0.25, 0.3) is 0 Å². The molecule has 0 radical (unpaired) electrons. The van der Waals surface area contributed by atoms with Crippen molar-refractivity contribution < 1.29 is 4.79 Å². The second kappa shape index (κ2) is 10.7. The van der Waals surface area contributed by atoms with Crippen LogP contribution in [0, 0.1) is 17.2 Å². The standard InChI is InChI=1S/C29H29ClN2O/c1-21(32(29(33)25-10-6-11-25)20-23-7-3-2-4-8-23)28(18-22-13-15-27(30)16-14-22)26-12-5-9-24(17-26)19-31/h2-5,7-9,12-17,21,25,28H,6,10-11,18,20H2,1H3/t21?,28-/m1/s1. The monoisotopic (exact) mass is 456 g/mol. The molecule has 3 aromatic carbocycles. The van der Waals surface area contributed by atoms with E-state index in [0.29, 0.717) is 17.1 Å². The van der Waals surface area contributed by atoms with Crippen LogP contribution < -0.4 is 0 Å². The fourth-order valence-corrected chi connectivity index (χ4v) is 4.72. The van der Waals surface area contributed by atoms with Gasteiger partial charge in [-0.25, -0.2) is 0 Å². The number of hydrogen-bond acceptors (Lipinski definition) is 2. The van der Waals surface area contributed by atoms with Gasteiger partial charge in [-0.2, -0.15) is 5.26 Å². The number of benzene rings is 3. The molecule has 4 heteroatoms. The zero-order chi connectivity index (χ0) is 23.2. The van der Waals surface area contributed by atoms with Gasteiger partial charge >= 0.3 is 0 Å². The lowest BCUT2D eigenvalue weighted by Gasteiger charge is -2.39. The number of rotatable bonds is 8. The number of halogens is 1. The summed E-state index contributed by atoms with van der Waals surface area (Å²) >= 11 is 6.12. The van der Waals surface area contributed by atoms with Gasteiger partial charge in [0.1, 0.15) is 0 Å². The fraction of sp³-hybridized carbons (Fsp3) is 0.310. The Morgan fingerprint density at radius 2 is 1.76 bits per heavy atom. The molecule has 33 heavy (non-hydrogen) atoms. The summed E-state index contributed by atoms with van der Waals surface area (Å²) < 4.78 is 0. The van der Waals surface area contributed by atoms with Gasteiger partial charge in [-0.3, -0.25) is 4.79 Å². The topological polar surface area (TPSA) is 44.1 Å². The molecule has 1 unspecified atom stereocenters. The van der Waals surface area contributed by atoms with Crippen LogP contribution in [0.2, 0.25) is 5.02 Å². The highest BCUT2D eigenvalue weighted by Crippen LogP contribution is 2.34. The SMILES string of the molecule is CC([C@@H](Cc1ccc(Cl)cc1)c1cccc(C#N)c1)N(Cc1ccccc1)C(=O)C1CCC1. The van der Waals surface area contributed by atoms with E-state index in [0.717, 1.165) is 42.4 Å². The molecule has 2 atom stereocenters. The molecule has 0 aromatic heterocycles. The van der Waals surface area contributed by atoms with Crippen molar-refractivity contribution in [2.75, 3.05) is 0 Å². The lowest BCUT2D eigenvalue weighted by molar-refractivity contribution is -0.141. The van der Waals surface area contributed by atoms with Gasteiger partial charge in [0.05, 0.1) is 11.6 Å². The molecule has 1 amide bonds. The summed E-state index contributed by atoms with van der Waals surface area (Å²) in [5.41, 5.74) is 4.01. The van der Waals surface area contributed by atoms with Gasteiger partial charge in [0.15, 0.2) is 0 Å². The molecule has 0 N–H and O–H groups in total. The smallest absolute Gasteiger partial charge is 0.226 e. The van der Waals surface area contributed by atoms with Crippen LogP contribution in [0.3, 0.4) is 0 Å².